The number of ether oxygens (including phenoxy) is 4. The van der Waals surface area contributed by atoms with Gasteiger partial charge in [0, 0.05) is 26.1 Å². The summed E-state index contributed by atoms with van der Waals surface area (Å²) >= 11 is 0. The van der Waals surface area contributed by atoms with Gasteiger partial charge in [-0.25, -0.2) is 9.59 Å². The highest BCUT2D eigenvalue weighted by molar-refractivity contribution is 5.92. The van der Waals surface area contributed by atoms with Gasteiger partial charge in [0.25, 0.3) is 0 Å². The number of pyridine rings is 1. The summed E-state index contributed by atoms with van der Waals surface area (Å²) in [4.78, 5) is 26.9. The average molecular weight is 612 g/mol. The van der Waals surface area contributed by atoms with Crippen LogP contribution in [0, 0.1) is 6.92 Å². The van der Waals surface area contributed by atoms with Gasteiger partial charge < -0.3 is 23.8 Å². The van der Waals surface area contributed by atoms with Gasteiger partial charge in [0.05, 0.1) is 18.4 Å². The summed E-state index contributed by atoms with van der Waals surface area (Å²) in [5, 5.41) is 4.46. The Kier molecular flexibility index (Phi) is 7.99. The lowest BCUT2D eigenvalue weighted by atomic mass is 9.97. The van der Waals surface area contributed by atoms with E-state index in [2.05, 4.69) is 23.3 Å². The summed E-state index contributed by atoms with van der Waals surface area (Å²) in [7, 11) is 0. The Morgan fingerprint density at radius 1 is 1.09 bits per heavy atom. The maximum Gasteiger partial charge on any atom is 0.410 e. The number of para-hydroxylation sites is 1. The number of carbonyl (C=O) groups excluding carboxylic acids is 2. The Morgan fingerprint density at radius 2 is 1.89 bits per heavy atom. The van der Waals surface area contributed by atoms with Crippen molar-refractivity contribution in [2.24, 2.45) is 0 Å². The zero-order valence-electron chi connectivity index (χ0n) is 26.6. The average Bonchev–Trinajstić information content (AvgIpc) is 3.43. The number of aromatic nitrogens is 3. The summed E-state index contributed by atoms with van der Waals surface area (Å²) in [5.74, 6) is 1.44. The monoisotopic (exact) mass is 611 g/mol. The van der Waals surface area contributed by atoms with Gasteiger partial charge >= 0.3 is 23.8 Å². The Morgan fingerprint density at radius 3 is 2.67 bits per heavy atom. The predicted octanol–water partition coefficient (Wildman–Crippen LogP) is 6.10. The largest absolute Gasteiger partial charge is 0.488 e. The summed E-state index contributed by atoms with van der Waals surface area (Å²) in [5.41, 5.74) is 5.99. The van der Waals surface area contributed by atoms with E-state index in [9.17, 15) is 9.59 Å². The van der Waals surface area contributed by atoms with E-state index in [1.807, 2.05) is 75.6 Å². The number of rotatable bonds is 6. The fourth-order valence-corrected chi connectivity index (χ4v) is 5.84. The van der Waals surface area contributed by atoms with Gasteiger partial charge in [-0.2, -0.15) is 4.57 Å². The smallest absolute Gasteiger partial charge is 0.410 e. The van der Waals surface area contributed by atoms with Crippen LogP contribution in [0.3, 0.4) is 0 Å². The maximum absolute atomic E-state index is 12.6. The molecule has 45 heavy (non-hydrogen) atoms. The van der Waals surface area contributed by atoms with Crippen molar-refractivity contribution in [3.63, 3.8) is 0 Å². The van der Waals surface area contributed by atoms with E-state index in [0.717, 1.165) is 45.9 Å². The van der Waals surface area contributed by atoms with Crippen molar-refractivity contribution in [3.8, 4) is 28.7 Å². The number of nitrogens with zero attached hydrogens (tertiary/aromatic N) is 4. The third-order valence-corrected chi connectivity index (χ3v) is 7.89. The number of hydrogen-bond acceptors (Lipinski definition) is 7. The minimum atomic E-state index is -0.522. The van der Waals surface area contributed by atoms with E-state index < -0.39 is 17.8 Å². The van der Waals surface area contributed by atoms with E-state index in [1.165, 1.54) is 11.8 Å². The second-order valence-electron chi connectivity index (χ2n) is 12.3. The fraction of sp³-hybridized carbons (Fsp3) is 0.371. The lowest BCUT2D eigenvalue weighted by molar-refractivity contribution is -0.740. The molecule has 1 amide bonds. The number of carbonyl (C=O) groups is 2. The Hall–Kier alpha value is -4.86. The van der Waals surface area contributed by atoms with Gasteiger partial charge in [-0.05, 0) is 81.5 Å². The second kappa shape index (κ2) is 11.9. The van der Waals surface area contributed by atoms with Crippen LogP contribution in [-0.2, 0) is 29.0 Å². The zero-order chi connectivity index (χ0) is 31.9. The molecule has 10 heteroatoms. The molecule has 0 saturated heterocycles. The molecule has 0 spiro atoms. The molecule has 0 bridgehead atoms. The van der Waals surface area contributed by atoms with E-state index in [-0.39, 0.29) is 12.7 Å². The van der Waals surface area contributed by atoms with Crippen molar-refractivity contribution in [2.75, 3.05) is 13.2 Å². The first-order chi connectivity index (χ1) is 21.5. The van der Waals surface area contributed by atoms with Crippen molar-refractivity contribution in [1.29, 1.82) is 0 Å². The molecule has 2 aromatic heterocycles. The minimum Gasteiger partial charge on any atom is -0.488 e. The van der Waals surface area contributed by atoms with Crippen LogP contribution in [0.25, 0.3) is 17.1 Å². The van der Waals surface area contributed by atoms with Crippen LogP contribution in [-0.4, -0.2) is 45.5 Å². The molecule has 0 radical (unpaired) electrons. The van der Waals surface area contributed by atoms with Gasteiger partial charge in [-0.3, -0.25) is 0 Å². The lowest BCUT2D eigenvalue weighted by Gasteiger charge is -2.31. The van der Waals surface area contributed by atoms with Crippen molar-refractivity contribution < 1.29 is 33.1 Å². The standard InChI is InChI=1S/C35H39N4O6/c1-7-42-33(40)28-19-36-39-30-13-9-12-29(38(30)23(3)44-32(28)39)27-11-8-10-22(2)31(27)43-21-24-14-15-26-20-37(17-16-25(26)18-24)34(41)45-35(4,5)6/h8-15,18-19,23H,7,16-17,20-21H2,1-6H3/q+1. The zero-order valence-corrected chi connectivity index (χ0v) is 26.6. The first-order valence-corrected chi connectivity index (χ1v) is 15.3. The molecule has 4 aromatic rings. The van der Waals surface area contributed by atoms with Crippen LogP contribution >= 0.6 is 0 Å². The molecule has 234 valence electrons. The number of amides is 1. The molecule has 0 N–H and O–H groups in total. The van der Waals surface area contributed by atoms with Crippen LogP contribution in [0.1, 0.15) is 73.5 Å². The molecule has 6 rings (SSSR count). The molecule has 2 aliphatic heterocycles. The summed E-state index contributed by atoms with van der Waals surface area (Å²) < 4.78 is 27.3. The van der Waals surface area contributed by atoms with E-state index in [0.29, 0.717) is 31.1 Å². The molecule has 2 aromatic carbocycles. The number of hydrogen-bond donors (Lipinski definition) is 0. The maximum atomic E-state index is 12.6. The molecular formula is C35H39N4O6+. The highest BCUT2D eigenvalue weighted by atomic mass is 16.6. The first-order valence-electron chi connectivity index (χ1n) is 15.3. The van der Waals surface area contributed by atoms with Crippen molar-refractivity contribution >= 4 is 12.1 Å². The molecule has 1 atom stereocenters. The number of esters is 1. The van der Waals surface area contributed by atoms with Crippen LogP contribution < -0.4 is 14.0 Å². The molecule has 0 aliphatic carbocycles. The minimum absolute atomic E-state index is 0.267. The van der Waals surface area contributed by atoms with E-state index in [1.54, 1.807) is 16.5 Å². The number of benzene rings is 2. The van der Waals surface area contributed by atoms with Gasteiger partial charge in [-0.1, -0.05) is 40.1 Å². The molecule has 10 nitrogen and oxygen atoms in total. The quantitative estimate of drug-likeness (QED) is 0.192. The molecule has 0 saturated carbocycles. The third-order valence-electron chi connectivity index (χ3n) is 7.89. The number of fused-ring (bicyclic) bond motifs is 4. The van der Waals surface area contributed by atoms with Gasteiger partial charge in [0.1, 0.15) is 23.7 Å². The van der Waals surface area contributed by atoms with Crippen molar-refractivity contribution in [2.45, 2.75) is 72.9 Å². The van der Waals surface area contributed by atoms with Crippen LogP contribution in [0.4, 0.5) is 4.79 Å². The SMILES string of the molecule is CCOC(=O)c1cnn2c1OC(C)[n+]1c(-c3cccc(C)c3OCc3ccc4c(c3)CCN(C(=O)OC(C)(C)C)C4)cccc1-2. The third kappa shape index (κ3) is 5.96. The highest BCUT2D eigenvalue weighted by Gasteiger charge is 2.38. The molecule has 2 aliphatic rings. The Labute approximate surface area is 263 Å². The van der Waals surface area contributed by atoms with Gasteiger partial charge in [-0.15, -0.1) is 0 Å². The van der Waals surface area contributed by atoms with Gasteiger partial charge in [0.2, 0.25) is 6.23 Å². The molecular weight excluding hydrogens is 572 g/mol. The van der Waals surface area contributed by atoms with Crippen molar-refractivity contribution in [1.82, 2.24) is 14.7 Å². The molecule has 0 fully saturated rings. The summed E-state index contributed by atoms with van der Waals surface area (Å²) in [6, 6.07) is 18.3. The second-order valence-corrected chi connectivity index (χ2v) is 12.3. The normalized spacial score (nSPS) is 15.3. The topological polar surface area (TPSA) is 96.0 Å². The first kappa shape index (κ1) is 30.2. The Bertz CT molecular complexity index is 1770. The lowest BCUT2D eigenvalue weighted by Crippen LogP contribution is -2.50. The predicted molar refractivity (Wildman–Crippen MR) is 166 cm³/mol. The molecule has 1 unspecified atom stereocenters. The summed E-state index contributed by atoms with van der Waals surface area (Å²) in [6.07, 6.45) is 1.53. The van der Waals surface area contributed by atoms with Gasteiger partial charge in [0.15, 0.2) is 5.56 Å². The van der Waals surface area contributed by atoms with Crippen LogP contribution in [0.15, 0.2) is 60.8 Å². The van der Waals surface area contributed by atoms with Crippen LogP contribution in [0.5, 0.6) is 11.6 Å². The number of aryl methyl sites for hydroxylation is 1. The Balaban J connectivity index is 1.26. The van der Waals surface area contributed by atoms with Crippen molar-refractivity contribution in [3.05, 3.63) is 88.6 Å². The fourth-order valence-electron chi connectivity index (χ4n) is 5.84. The van der Waals surface area contributed by atoms with E-state index >= 15 is 0 Å². The van der Waals surface area contributed by atoms with E-state index in [4.69, 9.17) is 18.9 Å². The highest BCUT2D eigenvalue weighted by Crippen LogP contribution is 2.36. The summed E-state index contributed by atoms with van der Waals surface area (Å²) in [6.45, 7) is 13.2. The molecule has 4 heterocycles. The van der Waals surface area contributed by atoms with Crippen LogP contribution in [0.2, 0.25) is 0 Å².